The SMILES string of the molecule is O=C(NCC1CNC1)c1nnn(-c2cccc(F)c2)c1C(F)(F)F. The highest BCUT2D eigenvalue weighted by Gasteiger charge is 2.42. The monoisotopic (exact) mass is 343 g/mol. The second-order valence-electron chi connectivity index (χ2n) is 5.41. The molecule has 1 saturated heterocycles. The minimum atomic E-state index is -4.87. The molecule has 0 radical (unpaired) electrons. The molecule has 2 heterocycles. The lowest BCUT2D eigenvalue weighted by molar-refractivity contribution is -0.143. The van der Waals surface area contributed by atoms with Crippen LogP contribution >= 0.6 is 0 Å². The van der Waals surface area contributed by atoms with Crippen molar-refractivity contribution >= 4 is 5.91 Å². The fourth-order valence-corrected chi connectivity index (χ4v) is 2.29. The summed E-state index contributed by atoms with van der Waals surface area (Å²) in [6.45, 7) is 1.64. The molecule has 2 N–H and O–H groups in total. The van der Waals surface area contributed by atoms with Gasteiger partial charge in [-0.15, -0.1) is 5.10 Å². The maximum absolute atomic E-state index is 13.4. The zero-order valence-electron chi connectivity index (χ0n) is 12.3. The maximum Gasteiger partial charge on any atom is 0.435 e. The number of amides is 1. The van der Waals surface area contributed by atoms with Gasteiger partial charge in [-0.05, 0) is 18.2 Å². The van der Waals surface area contributed by atoms with E-state index in [1.807, 2.05) is 0 Å². The number of rotatable bonds is 4. The molecule has 0 aliphatic carbocycles. The molecule has 1 aromatic heterocycles. The highest BCUT2D eigenvalue weighted by molar-refractivity contribution is 5.93. The van der Waals surface area contributed by atoms with Crippen LogP contribution in [0.25, 0.3) is 5.69 Å². The Morgan fingerprint density at radius 3 is 2.71 bits per heavy atom. The lowest BCUT2D eigenvalue weighted by Gasteiger charge is -2.26. The topological polar surface area (TPSA) is 71.8 Å². The summed E-state index contributed by atoms with van der Waals surface area (Å²) in [5.41, 5.74) is -2.34. The van der Waals surface area contributed by atoms with E-state index in [9.17, 15) is 22.4 Å². The first-order valence-corrected chi connectivity index (χ1v) is 7.14. The average Bonchev–Trinajstić information content (AvgIpc) is 2.90. The molecule has 2 aromatic rings. The number of carbonyl (C=O) groups is 1. The lowest BCUT2D eigenvalue weighted by atomic mass is 10.0. The summed E-state index contributed by atoms with van der Waals surface area (Å²) in [6.07, 6.45) is -4.87. The first kappa shape index (κ1) is 16.4. The first-order valence-electron chi connectivity index (χ1n) is 7.14. The van der Waals surface area contributed by atoms with Gasteiger partial charge in [0.05, 0.1) is 5.69 Å². The van der Waals surface area contributed by atoms with Crippen molar-refractivity contribution in [2.45, 2.75) is 6.18 Å². The van der Waals surface area contributed by atoms with Crippen molar-refractivity contribution in [2.75, 3.05) is 19.6 Å². The summed E-state index contributed by atoms with van der Waals surface area (Å²) in [5.74, 6) is -1.50. The third-order valence-electron chi connectivity index (χ3n) is 3.62. The Hall–Kier alpha value is -2.49. The summed E-state index contributed by atoms with van der Waals surface area (Å²) >= 11 is 0. The van der Waals surface area contributed by atoms with Crippen LogP contribution in [0.2, 0.25) is 0 Å². The highest BCUT2D eigenvalue weighted by atomic mass is 19.4. The van der Waals surface area contributed by atoms with Gasteiger partial charge in [0.1, 0.15) is 5.82 Å². The third kappa shape index (κ3) is 3.23. The minimum Gasteiger partial charge on any atom is -0.350 e. The number of nitrogens with zero attached hydrogens (tertiary/aromatic N) is 3. The summed E-state index contributed by atoms with van der Waals surface area (Å²) in [4.78, 5) is 12.0. The molecule has 10 heteroatoms. The van der Waals surface area contributed by atoms with Gasteiger partial charge in [0, 0.05) is 25.6 Å². The van der Waals surface area contributed by atoms with Gasteiger partial charge in [-0.25, -0.2) is 9.07 Å². The van der Waals surface area contributed by atoms with Gasteiger partial charge in [-0.1, -0.05) is 11.3 Å². The van der Waals surface area contributed by atoms with E-state index in [0.717, 1.165) is 12.1 Å². The third-order valence-corrected chi connectivity index (χ3v) is 3.62. The van der Waals surface area contributed by atoms with Crippen LogP contribution in [-0.4, -0.2) is 40.5 Å². The van der Waals surface area contributed by atoms with E-state index in [0.29, 0.717) is 17.8 Å². The summed E-state index contributed by atoms with van der Waals surface area (Å²) < 4.78 is 53.8. The molecule has 1 aliphatic heterocycles. The van der Waals surface area contributed by atoms with Crippen LogP contribution in [0.3, 0.4) is 0 Å². The van der Waals surface area contributed by atoms with Gasteiger partial charge < -0.3 is 10.6 Å². The second-order valence-corrected chi connectivity index (χ2v) is 5.41. The Kier molecular flexibility index (Phi) is 4.22. The van der Waals surface area contributed by atoms with Crippen molar-refractivity contribution in [1.29, 1.82) is 0 Å². The van der Waals surface area contributed by atoms with E-state index in [2.05, 4.69) is 20.9 Å². The lowest BCUT2D eigenvalue weighted by Crippen LogP contribution is -2.48. The second kappa shape index (κ2) is 6.19. The molecule has 0 unspecified atom stereocenters. The van der Waals surface area contributed by atoms with Crippen LogP contribution < -0.4 is 10.6 Å². The molecule has 6 nitrogen and oxygen atoms in total. The molecule has 0 saturated carbocycles. The predicted molar refractivity (Wildman–Crippen MR) is 75.0 cm³/mol. The molecule has 1 amide bonds. The molecular formula is C14H13F4N5O. The molecule has 0 bridgehead atoms. The average molecular weight is 343 g/mol. The zero-order valence-corrected chi connectivity index (χ0v) is 12.3. The Morgan fingerprint density at radius 2 is 2.12 bits per heavy atom. The summed E-state index contributed by atoms with van der Waals surface area (Å²) in [6, 6.07) is 4.46. The van der Waals surface area contributed by atoms with Crippen LogP contribution in [0.4, 0.5) is 17.6 Å². The van der Waals surface area contributed by atoms with Crippen molar-refractivity contribution in [3.05, 3.63) is 41.5 Å². The molecule has 0 atom stereocenters. The van der Waals surface area contributed by atoms with Crippen molar-refractivity contribution in [3.8, 4) is 5.69 Å². The highest BCUT2D eigenvalue weighted by Crippen LogP contribution is 2.32. The number of aromatic nitrogens is 3. The number of hydrogen-bond donors (Lipinski definition) is 2. The Bertz CT molecular complexity index is 754. The Labute approximate surface area is 133 Å². The van der Waals surface area contributed by atoms with Crippen LogP contribution in [0.1, 0.15) is 16.2 Å². The van der Waals surface area contributed by atoms with Gasteiger partial charge in [-0.2, -0.15) is 13.2 Å². The van der Waals surface area contributed by atoms with Crippen LogP contribution in [0.15, 0.2) is 24.3 Å². The standard InChI is InChI=1S/C14H13F4N5O/c15-9-2-1-3-10(4-9)23-12(14(16,17)18)11(21-22-23)13(24)20-7-8-5-19-6-8/h1-4,8,19H,5-7H2,(H,20,24). The number of hydrogen-bond acceptors (Lipinski definition) is 4. The zero-order chi connectivity index (χ0) is 17.3. The van der Waals surface area contributed by atoms with E-state index in [1.54, 1.807) is 0 Å². The molecule has 24 heavy (non-hydrogen) atoms. The normalized spacial score (nSPS) is 15.2. The first-order chi connectivity index (χ1) is 11.4. The number of carbonyl (C=O) groups excluding carboxylic acids is 1. The largest absolute Gasteiger partial charge is 0.435 e. The number of alkyl halides is 3. The smallest absolute Gasteiger partial charge is 0.350 e. The minimum absolute atomic E-state index is 0.169. The number of benzene rings is 1. The fraction of sp³-hybridized carbons (Fsp3) is 0.357. The molecule has 0 spiro atoms. The molecule has 128 valence electrons. The van der Waals surface area contributed by atoms with Gasteiger partial charge >= 0.3 is 6.18 Å². The molecular weight excluding hydrogens is 330 g/mol. The van der Waals surface area contributed by atoms with Crippen LogP contribution in [0.5, 0.6) is 0 Å². The molecule has 1 fully saturated rings. The van der Waals surface area contributed by atoms with Crippen molar-refractivity contribution in [1.82, 2.24) is 25.6 Å². The van der Waals surface area contributed by atoms with E-state index in [-0.39, 0.29) is 18.2 Å². The van der Waals surface area contributed by atoms with Crippen LogP contribution in [0, 0.1) is 11.7 Å². The maximum atomic E-state index is 13.4. The summed E-state index contributed by atoms with van der Waals surface area (Å²) in [5, 5.41) is 12.1. The van der Waals surface area contributed by atoms with Crippen molar-refractivity contribution in [3.63, 3.8) is 0 Å². The van der Waals surface area contributed by atoms with Crippen LogP contribution in [-0.2, 0) is 6.18 Å². The van der Waals surface area contributed by atoms with Crippen molar-refractivity contribution < 1.29 is 22.4 Å². The van der Waals surface area contributed by atoms with Crippen molar-refractivity contribution in [2.24, 2.45) is 5.92 Å². The predicted octanol–water partition coefficient (Wildman–Crippen LogP) is 1.37. The number of halogens is 4. The Morgan fingerprint density at radius 1 is 1.38 bits per heavy atom. The van der Waals surface area contributed by atoms with Gasteiger partial charge in [0.15, 0.2) is 11.4 Å². The van der Waals surface area contributed by atoms with E-state index in [1.165, 1.54) is 12.1 Å². The summed E-state index contributed by atoms with van der Waals surface area (Å²) in [7, 11) is 0. The Balaban J connectivity index is 1.93. The van der Waals surface area contributed by atoms with E-state index >= 15 is 0 Å². The quantitative estimate of drug-likeness (QED) is 0.823. The molecule has 3 rings (SSSR count). The van der Waals surface area contributed by atoms with Gasteiger partial charge in [0.2, 0.25) is 0 Å². The van der Waals surface area contributed by atoms with E-state index < -0.39 is 29.3 Å². The van der Waals surface area contributed by atoms with E-state index in [4.69, 9.17) is 0 Å². The molecule has 1 aromatic carbocycles. The fourth-order valence-electron chi connectivity index (χ4n) is 2.29. The van der Waals surface area contributed by atoms with Gasteiger partial charge in [0.25, 0.3) is 5.91 Å². The molecule has 1 aliphatic rings. The number of nitrogens with one attached hydrogen (secondary N) is 2. The van der Waals surface area contributed by atoms with Gasteiger partial charge in [-0.3, -0.25) is 4.79 Å².